The Morgan fingerprint density at radius 3 is 2.75 bits per heavy atom. The van der Waals surface area contributed by atoms with Crippen molar-refractivity contribution < 1.29 is 9.53 Å². The molecule has 0 saturated heterocycles. The van der Waals surface area contributed by atoms with Gasteiger partial charge in [0.1, 0.15) is 5.60 Å². The molecule has 106 valence electrons. The third kappa shape index (κ3) is 3.27. The van der Waals surface area contributed by atoms with Crippen molar-refractivity contribution in [3.63, 3.8) is 0 Å². The Kier molecular flexibility index (Phi) is 3.95. The Balaban J connectivity index is 2.33. The van der Waals surface area contributed by atoms with E-state index in [0.717, 1.165) is 16.5 Å². The van der Waals surface area contributed by atoms with Crippen molar-refractivity contribution in [2.24, 2.45) is 5.73 Å². The Morgan fingerprint density at radius 1 is 1.35 bits per heavy atom. The maximum atomic E-state index is 12.1. The molecule has 0 unspecified atom stereocenters. The number of nitrogens with two attached hydrogens (primary N) is 1. The molecule has 4 heteroatoms. The lowest BCUT2D eigenvalue weighted by Crippen LogP contribution is -2.26. The van der Waals surface area contributed by atoms with Crippen molar-refractivity contribution in [2.45, 2.75) is 26.4 Å². The summed E-state index contributed by atoms with van der Waals surface area (Å²) in [6.07, 6.45) is 5.23. The van der Waals surface area contributed by atoms with Crippen LogP contribution in [-0.4, -0.2) is 22.8 Å². The number of aromatic nitrogens is 1. The zero-order chi connectivity index (χ0) is 14.8. The summed E-state index contributed by atoms with van der Waals surface area (Å²) in [5.41, 5.74) is 6.83. The van der Waals surface area contributed by atoms with Gasteiger partial charge in [-0.3, -0.25) is 4.57 Å². The van der Waals surface area contributed by atoms with Crippen molar-refractivity contribution in [3.05, 3.63) is 42.1 Å². The molecule has 1 aromatic carbocycles. The van der Waals surface area contributed by atoms with Crippen LogP contribution < -0.4 is 5.73 Å². The summed E-state index contributed by atoms with van der Waals surface area (Å²) in [6, 6.07) is 7.78. The molecule has 0 radical (unpaired) electrons. The molecule has 4 nitrogen and oxygen atoms in total. The van der Waals surface area contributed by atoms with Crippen molar-refractivity contribution in [2.75, 3.05) is 6.54 Å². The van der Waals surface area contributed by atoms with Crippen LogP contribution in [0.15, 0.2) is 36.5 Å². The number of nitrogens with zero attached hydrogens (tertiary/aromatic N) is 1. The van der Waals surface area contributed by atoms with Gasteiger partial charge >= 0.3 is 6.09 Å². The van der Waals surface area contributed by atoms with E-state index < -0.39 is 5.60 Å². The lowest BCUT2D eigenvalue weighted by atomic mass is 10.1. The summed E-state index contributed by atoms with van der Waals surface area (Å²) >= 11 is 0. The van der Waals surface area contributed by atoms with Crippen LogP contribution in [-0.2, 0) is 4.74 Å². The third-order valence-corrected chi connectivity index (χ3v) is 2.75. The third-order valence-electron chi connectivity index (χ3n) is 2.75. The Morgan fingerprint density at radius 2 is 2.10 bits per heavy atom. The van der Waals surface area contributed by atoms with Crippen molar-refractivity contribution >= 4 is 23.1 Å². The first-order valence-electron chi connectivity index (χ1n) is 6.62. The molecule has 2 aromatic rings. The number of rotatable bonds is 2. The summed E-state index contributed by atoms with van der Waals surface area (Å²) in [5.74, 6) is 0. The lowest BCUT2D eigenvalue weighted by molar-refractivity contribution is 0.0544. The molecule has 20 heavy (non-hydrogen) atoms. The highest BCUT2D eigenvalue weighted by atomic mass is 16.6. The number of ether oxygens (including phenoxy) is 1. The number of fused-ring (bicyclic) bond motifs is 1. The van der Waals surface area contributed by atoms with E-state index in [9.17, 15) is 4.79 Å². The summed E-state index contributed by atoms with van der Waals surface area (Å²) in [7, 11) is 0. The maximum absolute atomic E-state index is 12.1. The second-order valence-electron chi connectivity index (χ2n) is 5.62. The molecule has 0 aliphatic carbocycles. The van der Waals surface area contributed by atoms with Crippen LogP contribution in [0.5, 0.6) is 0 Å². The second kappa shape index (κ2) is 5.51. The molecule has 1 aromatic heterocycles. The van der Waals surface area contributed by atoms with Gasteiger partial charge in [0.05, 0.1) is 5.52 Å². The van der Waals surface area contributed by atoms with Crippen LogP contribution in [0.2, 0.25) is 0 Å². The second-order valence-corrected chi connectivity index (χ2v) is 5.62. The van der Waals surface area contributed by atoms with Crippen LogP contribution in [0.3, 0.4) is 0 Å². The molecular weight excluding hydrogens is 252 g/mol. The fraction of sp³-hybridized carbons (Fsp3) is 0.312. The summed E-state index contributed by atoms with van der Waals surface area (Å²) in [4.78, 5) is 12.1. The van der Waals surface area contributed by atoms with Crippen LogP contribution in [0.25, 0.3) is 17.0 Å². The van der Waals surface area contributed by atoms with E-state index >= 15 is 0 Å². The van der Waals surface area contributed by atoms with Gasteiger partial charge in [0.25, 0.3) is 0 Å². The van der Waals surface area contributed by atoms with Crippen molar-refractivity contribution in [3.8, 4) is 0 Å². The zero-order valence-electron chi connectivity index (χ0n) is 12.1. The minimum absolute atomic E-state index is 0.363. The van der Waals surface area contributed by atoms with Crippen molar-refractivity contribution in [1.82, 2.24) is 4.57 Å². The molecule has 2 N–H and O–H groups in total. The van der Waals surface area contributed by atoms with E-state index in [1.807, 2.05) is 57.2 Å². The minimum atomic E-state index is -0.502. The summed E-state index contributed by atoms with van der Waals surface area (Å²) in [6.45, 7) is 6.07. The molecule has 0 atom stereocenters. The quantitative estimate of drug-likeness (QED) is 0.911. The topological polar surface area (TPSA) is 57.2 Å². The van der Waals surface area contributed by atoms with Gasteiger partial charge in [-0.1, -0.05) is 18.2 Å². The lowest BCUT2D eigenvalue weighted by Gasteiger charge is -2.19. The summed E-state index contributed by atoms with van der Waals surface area (Å²) in [5, 5.41) is 0.995. The van der Waals surface area contributed by atoms with Gasteiger partial charge in [0.2, 0.25) is 0 Å². The summed E-state index contributed by atoms with van der Waals surface area (Å²) < 4.78 is 6.90. The molecule has 0 fully saturated rings. The minimum Gasteiger partial charge on any atom is -0.443 e. The molecular formula is C16H20N2O2. The number of benzene rings is 1. The van der Waals surface area contributed by atoms with E-state index in [2.05, 4.69) is 0 Å². The first kappa shape index (κ1) is 14.3. The molecule has 0 amide bonds. The van der Waals surface area contributed by atoms with Crippen LogP contribution in [0.1, 0.15) is 26.3 Å². The normalized spacial score (nSPS) is 12.2. The SMILES string of the molecule is CC(C)(C)OC(=O)n1ccc2cc(C=CCN)ccc21. The Bertz CT molecular complexity index is 648. The van der Waals surface area contributed by atoms with Crippen LogP contribution >= 0.6 is 0 Å². The van der Waals surface area contributed by atoms with Crippen molar-refractivity contribution in [1.29, 1.82) is 0 Å². The van der Waals surface area contributed by atoms with E-state index in [1.165, 1.54) is 4.57 Å². The van der Waals surface area contributed by atoms with Gasteiger partial charge < -0.3 is 10.5 Å². The molecule has 1 heterocycles. The highest BCUT2D eigenvalue weighted by Gasteiger charge is 2.18. The number of hydrogen-bond acceptors (Lipinski definition) is 3. The first-order chi connectivity index (χ1) is 9.40. The number of carbonyl (C=O) groups excluding carboxylic acids is 1. The average Bonchev–Trinajstić information content (AvgIpc) is 2.77. The average molecular weight is 272 g/mol. The van der Waals surface area contributed by atoms with Gasteiger partial charge in [-0.2, -0.15) is 0 Å². The van der Waals surface area contributed by atoms with E-state index in [-0.39, 0.29) is 6.09 Å². The molecule has 2 rings (SSSR count). The van der Waals surface area contributed by atoms with E-state index in [1.54, 1.807) is 6.20 Å². The van der Waals surface area contributed by atoms with Gasteiger partial charge in [-0.25, -0.2) is 4.79 Å². The molecule has 0 bridgehead atoms. The predicted octanol–water partition coefficient (Wildman–Crippen LogP) is 3.40. The van der Waals surface area contributed by atoms with E-state index in [0.29, 0.717) is 6.54 Å². The number of hydrogen-bond donors (Lipinski definition) is 1. The monoisotopic (exact) mass is 272 g/mol. The van der Waals surface area contributed by atoms with Gasteiger partial charge in [-0.15, -0.1) is 0 Å². The van der Waals surface area contributed by atoms with Crippen LogP contribution in [0.4, 0.5) is 4.79 Å². The highest BCUT2D eigenvalue weighted by Crippen LogP contribution is 2.20. The Hall–Kier alpha value is -2.07. The van der Waals surface area contributed by atoms with Gasteiger partial charge in [0, 0.05) is 18.1 Å². The molecule has 0 aliphatic heterocycles. The molecule has 0 saturated carbocycles. The van der Waals surface area contributed by atoms with Crippen LogP contribution in [0, 0.1) is 0 Å². The van der Waals surface area contributed by atoms with E-state index in [4.69, 9.17) is 10.5 Å². The fourth-order valence-electron chi connectivity index (χ4n) is 1.94. The highest BCUT2D eigenvalue weighted by molar-refractivity contribution is 5.90. The Labute approximate surface area is 118 Å². The molecule has 0 spiro atoms. The van der Waals surface area contributed by atoms with Gasteiger partial charge in [0.15, 0.2) is 0 Å². The first-order valence-corrected chi connectivity index (χ1v) is 6.62. The predicted molar refractivity (Wildman–Crippen MR) is 81.7 cm³/mol. The number of carbonyl (C=O) groups is 1. The maximum Gasteiger partial charge on any atom is 0.418 e. The molecule has 0 aliphatic rings. The smallest absolute Gasteiger partial charge is 0.418 e. The zero-order valence-corrected chi connectivity index (χ0v) is 12.1. The largest absolute Gasteiger partial charge is 0.443 e. The van der Waals surface area contributed by atoms with Gasteiger partial charge in [-0.05, 0) is 44.5 Å². The fourth-order valence-corrected chi connectivity index (χ4v) is 1.94. The standard InChI is InChI=1S/C16H20N2O2/c1-16(2,3)20-15(19)18-10-8-13-11-12(5-4-9-17)6-7-14(13)18/h4-8,10-11H,9,17H2,1-3H3.